The van der Waals surface area contributed by atoms with E-state index < -0.39 is 5.60 Å². The van der Waals surface area contributed by atoms with Gasteiger partial charge in [-0.1, -0.05) is 24.8 Å². The van der Waals surface area contributed by atoms with Crippen molar-refractivity contribution in [3.8, 4) is 18.1 Å². The number of rotatable bonds is 2. The second-order valence-corrected chi connectivity index (χ2v) is 9.52. The lowest BCUT2D eigenvalue weighted by molar-refractivity contribution is -0.0349. The number of carbonyl (C=O) groups is 1. The van der Waals surface area contributed by atoms with Crippen molar-refractivity contribution in [1.29, 1.82) is 0 Å². The Morgan fingerprint density at radius 2 is 2.14 bits per heavy atom. The molecule has 4 nitrogen and oxygen atoms in total. The number of amides is 1. The second kappa shape index (κ2) is 7.03. The molecule has 3 unspecified atom stereocenters. The molecule has 2 aliphatic carbocycles. The highest BCUT2D eigenvalue weighted by atomic mass is 16.6. The van der Waals surface area contributed by atoms with E-state index >= 15 is 0 Å². The molecule has 1 saturated heterocycles. The van der Waals surface area contributed by atoms with Crippen molar-refractivity contribution in [2.45, 2.75) is 76.4 Å². The minimum atomic E-state index is -0.464. The van der Waals surface area contributed by atoms with E-state index in [1.807, 2.05) is 31.7 Å². The van der Waals surface area contributed by atoms with Crippen LogP contribution in [0.5, 0.6) is 5.75 Å². The third-order valence-corrected chi connectivity index (χ3v) is 6.76. The van der Waals surface area contributed by atoms with Crippen LogP contribution in [0.1, 0.15) is 64.0 Å². The molecule has 4 heteroatoms. The predicted molar refractivity (Wildman–Crippen MR) is 109 cm³/mol. The molecule has 4 rings (SSSR count). The average Bonchev–Trinajstić information content (AvgIpc) is 2.65. The van der Waals surface area contributed by atoms with Gasteiger partial charge in [-0.3, -0.25) is 0 Å². The van der Waals surface area contributed by atoms with E-state index in [9.17, 15) is 4.79 Å². The quantitative estimate of drug-likeness (QED) is 0.698. The summed E-state index contributed by atoms with van der Waals surface area (Å²) in [6, 6.07) is 6.65. The molecule has 0 N–H and O–H groups in total. The first kappa shape index (κ1) is 19.2. The summed E-state index contributed by atoms with van der Waals surface area (Å²) in [5.74, 6) is 3.91. The van der Waals surface area contributed by atoms with Crippen LogP contribution in [-0.2, 0) is 16.6 Å². The van der Waals surface area contributed by atoms with E-state index in [4.69, 9.17) is 15.9 Å². The van der Waals surface area contributed by atoms with Crippen LogP contribution >= 0.6 is 0 Å². The Kier molecular flexibility index (Phi) is 4.81. The zero-order chi connectivity index (χ0) is 19.9. The van der Waals surface area contributed by atoms with Gasteiger partial charge in [0.05, 0.1) is 0 Å². The average molecular weight is 382 g/mol. The van der Waals surface area contributed by atoms with E-state index in [1.54, 1.807) is 0 Å². The number of carbonyl (C=O) groups excluding carboxylic acids is 1. The Bertz CT molecular complexity index is 803. The summed E-state index contributed by atoms with van der Waals surface area (Å²) in [4.78, 5) is 15.0. The maximum atomic E-state index is 12.9. The summed E-state index contributed by atoms with van der Waals surface area (Å²) >= 11 is 0. The fraction of sp³-hybridized carbons (Fsp3) is 0.625. The summed E-state index contributed by atoms with van der Waals surface area (Å²) in [7, 11) is 0. The lowest BCUT2D eigenvalue weighted by Crippen LogP contribution is -2.62. The Hall–Kier alpha value is -2.15. The van der Waals surface area contributed by atoms with E-state index in [0.29, 0.717) is 12.5 Å². The van der Waals surface area contributed by atoms with Crippen molar-refractivity contribution in [1.82, 2.24) is 4.90 Å². The van der Waals surface area contributed by atoms with Crippen LogP contribution in [-0.4, -0.2) is 35.8 Å². The third-order valence-electron chi connectivity index (χ3n) is 6.76. The molecule has 0 aromatic heterocycles. The number of terminal acetylenes is 1. The van der Waals surface area contributed by atoms with Gasteiger partial charge in [0.25, 0.3) is 0 Å². The first-order valence-electron chi connectivity index (χ1n) is 10.5. The van der Waals surface area contributed by atoms with Gasteiger partial charge in [-0.2, -0.15) is 0 Å². The van der Waals surface area contributed by atoms with Crippen LogP contribution in [0.2, 0.25) is 0 Å². The molecule has 2 fully saturated rings. The van der Waals surface area contributed by atoms with Gasteiger partial charge in [-0.15, -0.1) is 6.42 Å². The molecule has 150 valence electrons. The maximum absolute atomic E-state index is 12.9. The molecule has 0 radical (unpaired) electrons. The molecule has 2 bridgehead atoms. The number of fused-ring (bicyclic) bond motifs is 1. The van der Waals surface area contributed by atoms with Crippen LogP contribution in [0.25, 0.3) is 0 Å². The number of benzene rings is 1. The zero-order valence-electron chi connectivity index (χ0n) is 17.3. The molecule has 3 atom stereocenters. The third kappa shape index (κ3) is 3.26. The van der Waals surface area contributed by atoms with Crippen molar-refractivity contribution in [2.75, 3.05) is 13.2 Å². The maximum Gasteiger partial charge on any atom is 0.410 e. The fourth-order valence-electron chi connectivity index (χ4n) is 5.75. The molecule has 1 aromatic rings. The minimum Gasteiger partial charge on any atom is -0.481 e. The second-order valence-electron chi connectivity index (χ2n) is 9.52. The summed E-state index contributed by atoms with van der Waals surface area (Å²) in [5.41, 5.74) is 2.48. The van der Waals surface area contributed by atoms with Crippen molar-refractivity contribution in [3.63, 3.8) is 0 Å². The van der Waals surface area contributed by atoms with Crippen LogP contribution in [0.4, 0.5) is 4.79 Å². The van der Waals surface area contributed by atoms with Gasteiger partial charge in [0.2, 0.25) is 0 Å². The lowest BCUT2D eigenvalue weighted by Gasteiger charge is -2.58. The molecule has 1 aliphatic heterocycles. The van der Waals surface area contributed by atoms with Crippen molar-refractivity contribution in [2.24, 2.45) is 5.92 Å². The Morgan fingerprint density at radius 3 is 2.89 bits per heavy atom. The smallest absolute Gasteiger partial charge is 0.410 e. The number of piperidine rings is 1. The number of hydrogen-bond donors (Lipinski definition) is 0. The Balaban J connectivity index is 1.69. The van der Waals surface area contributed by atoms with E-state index in [2.05, 4.69) is 18.1 Å². The molecule has 0 spiro atoms. The standard InChI is InChI=1S/C24H31NO3/c1-5-14-27-18-10-9-17-15-21-19-8-6-7-11-24(19,20(17)16-18)12-13-25(21)22(26)28-23(2,3)4/h1,9-10,16,19,21H,6-8,11-15H2,2-4H3. The largest absolute Gasteiger partial charge is 0.481 e. The van der Waals surface area contributed by atoms with E-state index in [0.717, 1.165) is 25.1 Å². The molecular weight excluding hydrogens is 350 g/mol. The number of hydrogen-bond acceptors (Lipinski definition) is 3. The van der Waals surface area contributed by atoms with Gasteiger partial charge >= 0.3 is 6.09 Å². The lowest BCUT2D eigenvalue weighted by atomic mass is 9.52. The summed E-state index contributed by atoms with van der Waals surface area (Å²) in [6.07, 6.45) is 12.0. The van der Waals surface area contributed by atoms with Gasteiger partial charge in [-0.05, 0) is 75.6 Å². The van der Waals surface area contributed by atoms with Crippen LogP contribution < -0.4 is 4.74 Å². The predicted octanol–water partition coefficient (Wildman–Crippen LogP) is 4.69. The van der Waals surface area contributed by atoms with Gasteiger partial charge < -0.3 is 14.4 Å². The molecule has 28 heavy (non-hydrogen) atoms. The summed E-state index contributed by atoms with van der Waals surface area (Å²) in [5, 5.41) is 0. The number of nitrogens with zero attached hydrogens (tertiary/aromatic N) is 1. The molecule has 3 aliphatic rings. The highest BCUT2D eigenvalue weighted by Crippen LogP contribution is 2.56. The van der Waals surface area contributed by atoms with Gasteiger partial charge in [0, 0.05) is 18.0 Å². The first-order chi connectivity index (χ1) is 13.3. The minimum absolute atomic E-state index is 0.157. The topological polar surface area (TPSA) is 38.8 Å². The summed E-state index contributed by atoms with van der Waals surface area (Å²) < 4.78 is 11.5. The molecular formula is C24H31NO3. The highest BCUT2D eigenvalue weighted by molar-refractivity contribution is 5.69. The van der Waals surface area contributed by atoms with Gasteiger partial charge in [0.15, 0.2) is 0 Å². The molecule has 1 amide bonds. The Morgan fingerprint density at radius 1 is 1.32 bits per heavy atom. The fourth-order valence-corrected chi connectivity index (χ4v) is 5.75. The van der Waals surface area contributed by atoms with Crippen LogP contribution in [0.3, 0.4) is 0 Å². The van der Waals surface area contributed by atoms with Crippen molar-refractivity contribution >= 4 is 6.09 Å². The summed E-state index contributed by atoms with van der Waals surface area (Å²) in [6.45, 7) is 6.88. The number of ether oxygens (including phenoxy) is 2. The van der Waals surface area contributed by atoms with E-state index in [1.165, 1.54) is 36.8 Å². The number of likely N-dealkylation sites (tertiary alicyclic amines) is 1. The first-order valence-corrected chi connectivity index (χ1v) is 10.5. The normalized spacial score (nSPS) is 28.6. The Labute approximate surface area is 168 Å². The monoisotopic (exact) mass is 381 g/mol. The van der Waals surface area contributed by atoms with Crippen LogP contribution in [0, 0.1) is 18.3 Å². The molecule has 1 heterocycles. The highest BCUT2D eigenvalue weighted by Gasteiger charge is 2.55. The van der Waals surface area contributed by atoms with E-state index in [-0.39, 0.29) is 17.6 Å². The van der Waals surface area contributed by atoms with Gasteiger partial charge in [0.1, 0.15) is 18.0 Å². The van der Waals surface area contributed by atoms with Crippen molar-refractivity contribution < 1.29 is 14.3 Å². The van der Waals surface area contributed by atoms with Crippen molar-refractivity contribution in [3.05, 3.63) is 29.3 Å². The SMILES string of the molecule is C#CCOc1ccc2c(c1)C13CCCCC1C(C2)N(C(=O)OC(C)(C)C)CC3. The molecule has 1 aromatic carbocycles. The zero-order valence-corrected chi connectivity index (χ0v) is 17.3. The van der Waals surface area contributed by atoms with Gasteiger partial charge in [-0.25, -0.2) is 4.79 Å². The molecule has 1 saturated carbocycles. The van der Waals surface area contributed by atoms with Crippen LogP contribution in [0.15, 0.2) is 18.2 Å².